The van der Waals surface area contributed by atoms with Crippen molar-refractivity contribution in [2.45, 2.75) is 13.3 Å². The molecule has 3 rings (SSSR count). The molecule has 2 aromatic rings. The number of nitrogens with one attached hydrogen (secondary N) is 1. The Morgan fingerprint density at radius 2 is 2.15 bits per heavy atom. The molecule has 0 spiro atoms. The van der Waals surface area contributed by atoms with Crippen LogP contribution in [0.3, 0.4) is 0 Å². The van der Waals surface area contributed by atoms with Gasteiger partial charge in [-0.3, -0.25) is 9.48 Å². The van der Waals surface area contributed by atoms with E-state index in [2.05, 4.69) is 25.5 Å². The van der Waals surface area contributed by atoms with E-state index in [0.29, 0.717) is 24.6 Å². The fourth-order valence-corrected chi connectivity index (χ4v) is 2.14. The maximum atomic E-state index is 11.4. The molecule has 0 aliphatic carbocycles. The van der Waals surface area contributed by atoms with Crippen LogP contribution in [-0.2, 0) is 11.8 Å². The zero-order valence-electron chi connectivity index (χ0n) is 11.6. The highest BCUT2D eigenvalue weighted by atomic mass is 16.2. The second kappa shape index (κ2) is 4.55. The molecule has 0 unspecified atom stereocenters. The first-order chi connectivity index (χ1) is 9.54. The van der Waals surface area contributed by atoms with Crippen LogP contribution in [0.1, 0.15) is 12.2 Å². The normalized spacial score (nSPS) is 15.1. The third-order valence-electron chi connectivity index (χ3n) is 3.17. The van der Waals surface area contributed by atoms with Crippen molar-refractivity contribution >= 4 is 28.5 Å². The van der Waals surface area contributed by atoms with Crippen LogP contribution in [0.2, 0.25) is 0 Å². The fourth-order valence-electron chi connectivity index (χ4n) is 2.14. The van der Waals surface area contributed by atoms with Crippen LogP contribution in [-0.4, -0.2) is 50.0 Å². The van der Waals surface area contributed by atoms with Crippen LogP contribution in [0.4, 0.5) is 5.82 Å². The highest BCUT2D eigenvalue weighted by molar-refractivity contribution is 6.06. The molecule has 0 radical (unpaired) electrons. The summed E-state index contributed by atoms with van der Waals surface area (Å²) in [5.41, 5.74) is 1.58. The molecule has 0 bridgehead atoms. The topological polar surface area (TPSA) is 88.3 Å². The van der Waals surface area contributed by atoms with Crippen LogP contribution in [0.25, 0.3) is 11.0 Å². The van der Waals surface area contributed by atoms with Crippen LogP contribution < -0.4 is 5.32 Å². The highest BCUT2D eigenvalue weighted by Gasteiger charge is 2.20. The highest BCUT2D eigenvalue weighted by Crippen LogP contribution is 2.19. The van der Waals surface area contributed by atoms with E-state index >= 15 is 0 Å². The molecule has 8 nitrogen and oxygen atoms in total. The number of aryl methyl sites for hydroxylation is 2. The second-order valence-corrected chi connectivity index (χ2v) is 4.74. The molecule has 0 saturated carbocycles. The molecular weight excluding hydrogens is 258 g/mol. The van der Waals surface area contributed by atoms with Crippen LogP contribution in [0, 0.1) is 6.92 Å². The molecule has 1 aliphatic rings. The maximum absolute atomic E-state index is 11.4. The largest absolute Gasteiger partial charge is 0.364 e. The predicted octanol–water partition coefficient (Wildman–Crippen LogP) is 0.302. The SMILES string of the molecule is Cc1nc(NCC2=NN(C)C(=O)C2)c2cnn(C)c2n1. The van der Waals surface area contributed by atoms with Gasteiger partial charge >= 0.3 is 0 Å². The van der Waals surface area contributed by atoms with Gasteiger partial charge in [-0.2, -0.15) is 10.2 Å². The van der Waals surface area contributed by atoms with Gasteiger partial charge < -0.3 is 5.32 Å². The van der Waals surface area contributed by atoms with Crippen molar-refractivity contribution in [3.63, 3.8) is 0 Å². The van der Waals surface area contributed by atoms with Gasteiger partial charge in [0.1, 0.15) is 11.6 Å². The van der Waals surface area contributed by atoms with Gasteiger partial charge in [-0.05, 0) is 6.92 Å². The minimum atomic E-state index is 0.00666. The van der Waals surface area contributed by atoms with Gasteiger partial charge in [0.2, 0.25) is 5.91 Å². The summed E-state index contributed by atoms with van der Waals surface area (Å²) < 4.78 is 1.71. The van der Waals surface area contributed by atoms with Gasteiger partial charge in [0.05, 0.1) is 30.3 Å². The van der Waals surface area contributed by atoms with E-state index in [1.165, 1.54) is 5.01 Å². The Bertz CT molecular complexity index is 718. The number of fused-ring (bicyclic) bond motifs is 1. The average molecular weight is 273 g/mol. The molecule has 3 heterocycles. The van der Waals surface area contributed by atoms with Crippen LogP contribution >= 0.6 is 0 Å². The van der Waals surface area contributed by atoms with Crippen LogP contribution in [0.5, 0.6) is 0 Å². The molecule has 0 saturated heterocycles. The van der Waals surface area contributed by atoms with Crippen molar-refractivity contribution in [1.29, 1.82) is 0 Å². The van der Waals surface area contributed by atoms with Gasteiger partial charge in [-0.1, -0.05) is 0 Å². The van der Waals surface area contributed by atoms with Gasteiger partial charge in [0, 0.05) is 14.1 Å². The Balaban J connectivity index is 1.85. The molecule has 1 amide bonds. The molecule has 20 heavy (non-hydrogen) atoms. The minimum Gasteiger partial charge on any atom is -0.364 e. The Labute approximate surface area is 115 Å². The van der Waals surface area contributed by atoms with Crippen molar-refractivity contribution in [1.82, 2.24) is 24.8 Å². The number of carbonyl (C=O) groups is 1. The quantitative estimate of drug-likeness (QED) is 0.869. The number of hydrogen-bond donors (Lipinski definition) is 1. The lowest BCUT2D eigenvalue weighted by molar-refractivity contribution is -0.127. The summed E-state index contributed by atoms with van der Waals surface area (Å²) in [4.78, 5) is 20.2. The smallest absolute Gasteiger partial charge is 0.248 e. The first kappa shape index (κ1) is 12.5. The van der Waals surface area contributed by atoms with Gasteiger partial charge in [-0.25, -0.2) is 15.0 Å². The third kappa shape index (κ3) is 2.09. The zero-order valence-corrected chi connectivity index (χ0v) is 11.6. The van der Waals surface area contributed by atoms with E-state index in [9.17, 15) is 4.79 Å². The summed E-state index contributed by atoms with van der Waals surface area (Å²) in [7, 11) is 3.50. The number of rotatable bonds is 3. The lowest BCUT2D eigenvalue weighted by Crippen LogP contribution is -2.16. The minimum absolute atomic E-state index is 0.00666. The van der Waals surface area contributed by atoms with Crippen molar-refractivity contribution < 1.29 is 4.79 Å². The third-order valence-corrected chi connectivity index (χ3v) is 3.17. The number of nitrogens with zero attached hydrogens (tertiary/aromatic N) is 6. The Morgan fingerprint density at radius 1 is 1.35 bits per heavy atom. The van der Waals surface area contributed by atoms with Gasteiger partial charge in [0.25, 0.3) is 0 Å². The van der Waals surface area contributed by atoms with Crippen molar-refractivity contribution in [3.8, 4) is 0 Å². The summed E-state index contributed by atoms with van der Waals surface area (Å²) in [5, 5.41) is 13.8. The van der Waals surface area contributed by atoms with Gasteiger partial charge in [0.15, 0.2) is 5.65 Å². The molecule has 104 valence electrons. The first-order valence-electron chi connectivity index (χ1n) is 6.27. The van der Waals surface area contributed by atoms with E-state index < -0.39 is 0 Å². The number of amides is 1. The molecule has 1 aliphatic heterocycles. The van der Waals surface area contributed by atoms with Crippen molar-refractivity contribution in [3.05, 3.63) is 12.0 Å². The number of hydrogen-bond acceptors (Lipinski definition) is 6. The Kier molecular flexibility index (Phi) is 2.85. The Hall–Kier alpha value is -2.51. The van der Waals surface area contributed by atoms with E-state index in [1.54, 1.807) is 17.9 Å². The summed E-state index contributed by atoms with van der Waals surface area (Å²) in [5.74, 6) is 1.39. The zero-order chi connectivity index (χ0) is 14.3. The number of carbonyl (C=O) groups excluding carboxylic acids is 1. The first-order valence-corrected chi connectivity index (χ1v) is 6.27. The number of hydrazone groups is 1. The summed E-state index contributed by atoms with van der Waals surface area (Å²) in [6.45, 7) is 2.32. The molecule has 8 heteroatoms. The van der Waals surface area contributed by atoms with Gasteiger partial charge in [-0.15, -0.1) is 0 Å². The fraction of sp³-hybridized carbons (Fsp3) is 0.417. The summed E-state index contributed by atoms with van der Waals surface area (Å²) in [6.07, 6.45) is 2.08. The van der Waals surface area contributed by atoms with E-state index in [4.69, 9.17) is 0 Å². The lowest BCUT2D eigenvalue weighted by Gasteiger charge is -2.06. The molecule has 0 fully saturated rings. The number of anilines is 1. The molecule has 2 aromatic heterocycles. The van der Waals surface area contributed by atoms with Crippen molar-refractivity contribution in [2.75, 3.05) is 18.9 Å². The van der Waals surface area contributed by atoms with Crippen molar-refractivity contribution in [2.24, 2.45) is 12.1 Å². The molecule has 0 aromatic carbocycles. The summed E-state index contributed by atoms with van der Waals surface area (Å²) >= 11 is 0. The van der Waals surface area contributed by atoms with E-state index in [0.717, 1.165) is 16.7 Å². The molecule has 1 N–H and O–H groups in total. The monoisotopic (exact) mass is 273 g/mol. The Morgan fingerprint density at radius 3 is 2.85 bits per heavy atom. The second-order valence-electron chi connectivity index (χ2n) is 4.74. The number of aromatic nitrogens is 4. The average Bonchev–Trinajstić information content (AvgIpc) is 2.92. The van der Waals surface area contributed by atoms with E-state index in [1.807, 2.05) is 14.0 Å². The predicted molar refractivity (Wildman–Crippen MR) is 74.4 cm³/mol. The van der Waals surface area contributed by atoms with E-state index in [-0.39, 0.29) is 5.91 Å². The maximum Gasteiger partial charge on any atom is 0.248 e. The van der Waals surface area contributed by atoms with Crippen LogP contribution in [0.15, 0.2) is 11.3 Å². The standard InChI is InChI=1S/C12H15N7O/c1-7-15-11(9-6-14-19(3)12(9)16-7)13-5-8-4-10(20)18(2)17-8/h6H,4-5H2,1-3H3,(H,13,15,16). The lowest BCUT2D eigenvalue weighted by atomic mass is 10.2. The summed E-state index contributed by atoms with van der Waals surface area (Å²) in [6, 6.07) is 0. The molecule has 0 atom stereocenters. The molecular formula is C12H15N7O.